The monoisotopic (exact) mass is 286 g/mol. The first-order valence-corrected chi connectivity index (χ1v) is 6.25. The summed E-state index contributed by atoms with van der Waals surface area (Å²) in [4.78, 5) is 4.03. The SMILES string of the molecule is Brc1ccc2ccn(Cc3ccncc3)c2c1. The zero-order valence-electron chi connectivity index (χ0n) is 9.18. The number of rotatable bonds is 2. The molecule has 3 aromatic rings. The van der Waals surface area contributed by atoms with Crippen LogP contribution in [-0.4, -0.2) is 9.55 Å². The minimum Gasteiger partial charge on any atom is -0.343 e. The highest BCUT2D eigenvalue weighted by atomic mass is 79.9. The molecule has 0 saturated heterocycles. The molecule has 84 valence electrons. The van der Waals surface area contributed by atoms with Crippen molar-refractivity contribution in [2.24, 2.45) is 0 Å². The Morgan fingerprint density at radius 3 is 2.71 bits per heavy atom. The third-order valence-electron chi connectivity index (χ3n) is 2.84. The molecule has 0 fully saturated rings. The van der Waals surface area contributed by atoms with Crippen molar-refractivity contribution in [3.63, 3.8) is 0 Å². The average Bonchev–Trinajstić information content (AvgIpc) is 2.73. The van der Waals surface area contributed by atoms with E-state index >= 15 is 0 Å². The predicted octanol–water partition coefficient (Wildman–Crippen LogP) is 3.85. The van der Waals surface area contributed by atoms with Crippen molar-refractivity contribution in [1.29, 1.82) is 0 Å². The Balaban J connectivity index is 2.03. The molecule has 2 nitrogen and oxygen atoms in total. The molecule has 3 heteroatoms. The fourth-order valence-corrected chi connectivity index (χ4v) is 2.33. The Labute approximate surface area is 108 Å². The van der Waals surface area contributed by atoms with Crippen molar-refractivity contribution < 1.29 is 0 Å². The average molecular weight is 287 g/mol. The molecule has 0 saturated carbocycles. The van der Waals surface area contributed by atoms with Gasteiger partial charge in [-0.2, -0.15) is 0 Å². The second-order valence-electron chi connectivity index (χ2n) is 4.00. The van der Waals surface area contributed by atoms with Crippen LogP contribution in [0.3, 0.4) is 0 Å². The van der Waals surface area contributed by atoms with Crippen LogP contribution in [-0.2, 0) is 6.54 Å². The van der Waals surface area contributed by atoms with Crippen molar-refractivity contribution in [3.8, 4) is 0 Å². The molecule has 0 amide bonds. The number of benzene rings is 1. The van der Waals surface area contributed by atoms with Gasteiger partial charge in [0.05, 0.1) is 0 Å². The number of hydrogen-bond donors (Lipinski definition) is 0. The summed E-state index contributed by atoms with van der Waals surface area (Å²) < 4.78 is 3.36. The number of aromatic nitrogens is 2. The number of halogens is 1. The third-order valence-corrected chi connectivity index (χ3v) is 3.33. The lowest BCUT2D eigenvalue weighted by molar-refractivity contribution is 0.834. The van der Waals surface area contributed by atoms with E-state index in [0.29, 0.717) is 0 Å². The lowest BCUT2D eigenvalue weighted by Gasteiger charge is -2.05. The highest BCUT2D eigenvalue weighted by Crippen LogP contribution is 2.21. The van der Waals surface area contributed by atoms with Crippen LogP contribution in [0.25, 0.3) is 10.9 Å². The van der Waals surface area contributed by atoms with Crippen LogP contribution in [0.4, 0.5) is 0 Å². The van der Waals surface area contributed by atoms with Crippen molar-refractivity contribution >= 4 is 26.8 Å². The fraction of sp³-hybridized carbons (Fsp3) is 0.0714. The van der Waals surface area contributed by atoms with Gasteiger partial charge in [-0.1, -0.05) is 22.0 Å². The van der Waals surface area contributed by atoms with Gasteiger partial charge >= 0.3 is 0 Å². The van der Waals surface area contributed by atoms with E-state index in [1.807, 2.05) is 24.5 Å². The third kappa shape index (κ3) is 2.11. The molecule has 0 aliphatic heterocycles. The molecule has 0 atom stereocenters. The highest BCUT2D eigenvalue weighted by molar-refractivity contribution is 9.10. The first-order chi connectivity index (χ1) is 8.33. The first kappa shape index (κ1) is 10.5. The van der Waals surface area contributed by atoms with Crippen LogP contribution in [0.5, 0.6) is 0 Å². The summed E-state index contributed by atoms with van der Waals surface area (Å²) in [6.45, 7) is 0.877. The smallest absolute Gasteiger partial charge is 0.0494 e. The molecular formula is C14H11BrN2. The number of hydrogen-bond acceptors (Lipinski definition) is 1. The Morgan fingerprint density at radius 2 is 1.88 bits per heavy atom. The molecule has 2 aromatic heterocycles. The molecule has 17 heavy (non-hydrogen) atoms. The van der Waals surface area contributed by atoms with Gasteiger partial charge in [-0.05, 0) is 41.3 Å². The zero-order chi connectivity index (χ0) is 11.7. The lowest BCUT2D eigenvalue weighted by atomic mass is 10.2. The number of fused-ring (bicyclic) bond motifs is 1. The maximum absolute atomic E-state index is 4.03. The van der Waals surface area contributed by atoms with E-state index in [1.54, 1.807) is 0 Å². The minimum absolute atomic E-state index is 0.877. The zero-order valence-corrected chi connectivity index (χ0v) is 10.8. The Bertz CT molecular complexity index is 644. The Hall–Kier alpha value is -1.61. The quantitative estimate of drug-likeness (QED) is 0.700. The second kappa shape index (κ2) is 4.34. The van der Waals surface area contributed by atoms with E-state index in [-0.39, 0.29) is 0 Å². The Kier molecular flexibility index (Phi) is 2.69. The topological polar surface area (TPSA) is 17.8 Å². The molecule has 0 unspecified atom stereocenters. The van der Waals surface area contributed by atoms with E-state index in [0.717, 1.165) is 11.0 Å². The van der Waals surface area contributed by atoms with Crippen LogP contribution in [0.2, 0.25) is 0 Å². The fourth-order valence-electron chi connectivity index (χ4n) is 1.98. The van der Waals surface area contributed by atoms with Crippen molar-refractivity contribution in [2.75, 3.05) is 0 Å². The van der Waals surface area contributed by atoms with Gasteiger partial charge in [-0.25, -0.2) is 0 Å². The standard InChI is InChI=1S/C14H11BrN2/c15-13-2-1-12-5-8-17(14(12)9-13)10-11-3-6-16-7-4-11/h1-9H,10H2. The van der Waals surface area contributed by atoms with Gasteiger partial charge in [0.2, 0.25) is 0 Å². The molecule has 2 heterocycles. The van der Waals surface area contributed by atoms with Gasteiger partial charge in [0.1, 0.15) is 0 Å². The molecule has 3 rings (SSSR count). The maximum atomic E-state index is 4.03. The molecule has 0 radical (unpaired) electrons. The van der Waals surface area contributed by atoms with Crippen LogP contribution in [0.1, 0.15) is 5.56 Å². The summed E-state index contributed by atoms with van der Waals surface area (Å²) in [5, 5.41) is 1.27. The first-order valence-electron chi connectivity index (χ1n) is 5.46. The van der Waals surface area contributed by atoms with Crippen LogP contribution >= 0.6 is 15.9 Å². The summed E-state index contributed by atoms with van der Waals surface area (Å²) in [5.74, 6) is 0. The molecule has 1 aromatic carbocycles. The molecule has 0 aliphatic carbocycles. The van der Waals surface area contributed by atoms with Crippen molar-refractivity contribution in [2.45, 2.75) is 6.54 Å². The second-order valence-corrected chi connectivity index (χ2v) is 4.92. The van der Waals surface area contributed by atoms with Gasteiger partial charge in [0.15, 0.2) is 0 Å². The summed E-state index contributed by atoms with van der Waals surface area (Å²) in [5.41, 5.74) is 2.51. The largest absolute Gasteiger partial charge is 0.343 e. The normalized spacial score (nSPS) is 10.9. The van der Waals surface area contributed by atoms with Gasteiger partial charge < -0.3 is 4.57 Å². The van der Waals surface area contributed by atoms with E-state index in [2.05, 4.69) is 55.9 Å². The van der Waals surface area contributed by atoms with Crippen molar-refractivity contribution in [3.05, 3.63) is 65.0 Å². The van der Waals surface area contributed by atoms with E-state index in [4.69, 9.17) is 0 Å². The van der Waals surface area contributed by atoms with Gasteiger partial charge in [0, 0.05) is 35.1 Å². The van der Waals surface area contributed by atoms with Crippen LogP contribution in [0.15, 0.2) is 59.5 Å². The molecule has 0 spiro atoms. The van der Waals surface area contributed by atoms with Gasteiger partial charge in [-0.15, -0.1) is 0 Å². The maximum Gasteiger partial charge on any atom is 0.0494 e. The number of pyridine rings is 1. The summed E-state index contributed by atoms with van der Waals surface area (Å²) in [7, 11) is 0. The van der Waals surface area contributed by atoms with Crippen LogP contribution < -0.4 is 0 Å². The summed E-state index contributed by atoms with van der Waals surface area (Å²) in [6, 6.07) is 12.6. The number of nitrogens with zero attached hydrogens (tertiary/aromatic N) is 2. The van der Waals surface area contributed by atoms with E-state index in [9.17, 15) is 0 Å². The molecule has 0 aliphatic rings. The van der Waals surface area contributed by atoms with Crippen LogP contribution in [0, 0.1) is 0 Å². The van der Waals surface area contributed by atoms with Crippen molar-refractivity contribution in [1.82, 2.24) is 9.55 Å². The predicted molar refractivity (Wildman–Crippen MR) is 73.0 cm³/mol. The highest BCUT2D eigenvalue weighted by Gasteiger charge is 2.02. The molecular weight excluding hydrogens is 276 g/mol. The lowest BCUT2D eigenvalue weighted by Crippen LogP contribution is -1.97. The molecule has 0 bridgehead atoms. The van der Waals surface area contributed by atoms with E-state index in [1.165, 1.54) is 16.5 Å². The van der Waals surface area contributed by atoms with Gasteiger partial charge in [-0.3, -0.25) is 4.98 Å². The summed E-state index contributed by atoms with van der Waals surface area (Å²) in [6.07, 6.45) is 5.78. The summed E-state index contributed by atoms with van der Waals surface area (Å²) >= 11 is 3.51. The minimum atomic E-state index is 0.877. The van der Waals surface area contributed by atoms with Gasteiger partial charge in [0.25, 0.3) is 0 Å². The Morgan fingerprint density at radius 1 is 1.06 bits per heavy atom. The van der Waals surface area contributed by atoms with E-state index < -0.39 is 0 Å². The molecule has 0 N–H and O–H groups in total.